The van der Waals surface area contributed by atoms with Crippen molar-refractivity contribution in [1.82, 2.24) is 19.8 Å². The number of fused-ring (bicyclic) bond motifs is 1. The number of hydrogen-bond acceptors (Lipinski definition) is 4. The van der Waals surface area contributed by atoms with Gasteiger partial charge in [-0.3, -0.25) is 9.69 Å². The number of rotatable bonds is 6. The SMILES string of the molecule is CN(CCCc1nc2ccccc2[nH]1)C(=O)C1COCCN1C1CCCC1. The summed E-state index contributed by atoms with van der Waals surface area (Å²) in [5.74, 6) is 1.19. The molecular weight excluding hydrogens is 340 g/mol. The summed E-state index contributed by atoms with van der Waals surface area (Å²) in [5, 5.41) is 0. The second-order valence-electron chi connectivity index (χ2n) is 7.83. The van der Waals surface area contributed by atoms with Gasteiger partial charge < -0.3 is 14.6 Å². The summed E-state index contributed by atoms with van der Waals surface area (Å²) >= 11 is 0. The van der Waals surface area contributed by atoms with Crippen molar-refractivity contribution in [3.63, 3.8) is 0 Å². The number of amides is 1. The monoisotopic (exact) mass is 370 g/mol. The highest BCUT2D eigenvalue weighted by atomic mass is 16.5. The molecule has 1 atom stereocenters. The standard InChI is InChI=1S/C21H30N4O2/c1-24(12-6-11-20-22-17-9-4-5-10-18(17)23-20)21(26)19-15-27-14-13-25(19)16-7-2-3-8-16/h4-5,9-10,16,19H,2-3,6-8,11-15H2,1H3,(H,22,23). The van der Waals surface area contributed by atoms with E-state index in [1.165, 1.54) is 25.7 Å². The van der Waals surface area contributed by atoms with Crippen LogP contribution in [0.15, 0.2) is 24.3 Å². The number of carbonyl (C=O) groups is 1. The van der Waals surface area contributed by atoms with Crippen molar-refractivity contribution >= 4 is 16.9 Å². The first-order valence-corrected chi connectivity index (χ1v) is 10.2. The van der Waals surface area contributed by atoms with E-state index in [0.29, 0.717) is 12.6 Å². The Morgan fingerprint density at radius 2 is 2.15 bits per heavy atom. The van der Waals surface area contributed by atoms with Crippen molar-refractivity contribution < 1.29 is 9.53 Å². The molecule has 146 valence electrons. The first kappa shape index (κ1) is 18.4. The number of aryl methyl sites for hydroxylation is 1. The lowest BCUT2D eigenvalue weighted by atomic mass is 10.1. The number of nitrogens with one attached hydrogen (secondary N) is 1. The summed E-state index contributed by atoms with van der Waals surface area (Å²) in [6.45, 7) is 2.90. The van der Waals surface area contributed by atoms with Crippen molar-refractivity contribution in [3.8, 4) is 0 Å². The summed E-state index contributed by atoms with van der Waals surface area (Å²) in [7, 11) is 1.92. The van der Waals surface area contributed by atoms with Gasteiger partial charge in [0.05, 0.1) is 24.2 Å². The van der Waals surface area contributed by atoms with E-state index in [1.807, 2.05) is 36.2 Å². The average molecular weight is 370 g/mol. The normalized spacial score (nSPS) is 21.7. The molecule has 0 spiro atoms. The number of para-hydroxylation sites is 2. The minimum atomic E-state index is -0.113. The van der Waals surface area contributed by atoms with Crippen LogP contribution in [-0.4, -0.2) is 71.1 Å². The third kappa shape index (κ3) is 4.17. The maximum Gasteiger partial charge on any atom is 0.242 e. The summed E-state index contributed by atoms with van der Waals surface area (Å²) in [6.07, 6.45) is 6.77. The number of aromatic amines is 1. The van der Waals surface area contributed by atoms with Crippen LogP contribution in [0.1, 0.15) is 37.9 Å². The van der Waals surface area contributed by atoms with E-state index < -0.39 is 0 Å². The molecule has 1 saturated heterocycles. The predicted molar refractivity (Wildman–Crippen MR) is 106 cm³/mol. The highest BCUT2D eigenvalue weighted by Gasteiger charge is 2.36. The van der Waals surface area contributed by atoms with Crippen molar-refractivity contribution in [2.45, 2.75) is 50.6 Å². The van der Waals surface area contributed by atoms with Crippen LogP contribution < -0.4 is 0 Å². The van der Waals surface area contributed by atoms with Gasteiger partial charge in [-0.2, -0.15) is 0 Å². The molecule has 0 radical (unpaired) electrons. The molecule has 0 bridgehead atoms. The highest BCUT2D eigenvalue weighted by molar-refractivity contribution is 5.82. The largest absolute Gasteiger partial charge is 0.378 e. The van der Waals surface area contributed by atoms with E-state index in [4.69, 9.17) is 4.74 Å². The Labute approximate surface area is 160 Å². The topological polar surface area (TPSA) is 61.5 Å². The quantitative estimate of drug-likeness (QED) is 0.849. The fourth-order valence-electron chi connectivity index (χ4n) is 4.47. The molecule has 1 aliphatic carbocycles. The van der Waals surface area contributed by atoms with Gasteiger partial charge in [-0.1, -0.05) is 25.0 Å². The Hall–Kier alpha value is -1.92. The zero-order valence-electron chi connectivity index (χ0n) is 16.2. The lowest BCUT2D eigenvalue weighted by Crippen LogP contribution is -2.57. The van der Waals surface area contributed by atoms with E-state index in [2.05, 4.69) is 14.9 Å². The van der Waals surface area contributed by atoms with Gasteiger partial charge in [-0.05, 0) is 31.4 Å². The van der Waals surface area contributed by atoms with Gasteiger partial charge in [0.1, 0.15) is 11.9 Å². The molecule has 2 aliphatic rings. The zero-order chi connectivity index (χ0) is 18.6. The zero-order valence-corrected chi connectivity index (χ0v) is 16.2. The highest BCUT2D eigenvalue weighted by Crippen LogP contribution is 2.27. The van der Waals surface area contributed by atoms with E-state index in [1.54, 1.807) is 0 Å². The molecule has 6 heteroatoms. The lowest BCUT2D eigenvalue weighted by Gasteiger charge is -2.40. The second kappa shape index (κ2) is 8.40. The third-order valence-corrected chi connectivity index (χ3v) is 5.97. The van der Waals surface area contributed by atoms with Crippen LogP contribution in [0, 0.1) is 0 Å². The fourth-order valence-corrected chi connectivity index (χ4v) is 4.47. The molecule has 1 saturated carbocycles. The first-order valence-electron chi connectivity index (χ1n) is 10.2. The smallest absolute Gasteiger partial charge is 0.242 e. The van der Waals surface area contributed by atoms with Crippen molar-refractivity contribution in [2.24, 2.45) is 0 Å². The lowest BCUT2D eigenvalue weighted by molar-refractivity contribution is -0.143. The molecule has 27 heavy (non-hydrogen) atoms. The van der Waals surface area contributed by atoms with E-state index in [-0.39, 0.29) is 11.9 Å². The third-order valence-electron chi connectivity index (χ3n) is 5.97. The van der Waals surface area contributed by atoms with Crippen LogP contribution in [-0.2, 0) is 16.0 Å². The number of carbonyl (C=O) groups excluding carboxylic acids is 1. The van der Waals surface area contributed by atoms with Crippen LogP contribution in [0.25, 0.3) is 11.0 Å². The average Bonchev–Trinajstić information content (AvgIpc) is 3.36. The molecule has 1 N–H and O–H groups in total. The van der Waals surface area contributed by atoms with Crippen molar-refractivity contribution in [2.75, 3.05) is 33.4 Å². The van der Waals surface area contributed by atoms with Gasteiger partial charge in [0.25, 0.3) is 0 Å². The number of imidazole rings is 1. The number of benzene rings is 1. The minimum absolute atomic E-state index is 0.113. The molecule has 1 aliphatic heterocycles. The Balaban J connectivity index is 1.31. The number of nitrogens with zero attached hydrogens (tertiary/aromatic N) is 3. The fraction of sp³-hybridized carbons (Fsp3) is 0.619. The number of H-pyrrole nitrogens is 1. The second-order valence-corrected chi connectivity index (χ2v) is 7.83. The van der Waals surface area contributed by atoms with Gasteiger partial charge in [-0.15, -0.1) is 0 Å². The molecular formula is C21H30N4O2. The van der Waals surface area contributed by atoms with Crippen LogP contribution in [0.4, 0.5) is 0 Å². The number of morpholine rings is 1. The van der Waals surface area contributed by atoms with Crippen molar-refractivity contribution in [3.05, 3.63) is 30.1 Å². The van der Waals surface area contributed by atoms with Crippen LogP contribution in [0.2, 0.25) is 0 Å². The molecule has 1 aromatic heterocycles. The molecule has 1 aromatic carbocycles. The molecule has 2 heterocycles. The summed E-state index contributed by atoms with van der Waals surface area (Å²) in [6, 6.07) is 8.53. The van der Waals surface area contributed by atoms with E-state index in [0.717, 1.165) is 49.4 Å². The molecule has 1 unspecified atom stereocenters. The minimum Gasteiger partial charge on any atom is -0.378 e. The van der Waals surface area contributed by atoms with Gasteiger partial charge in [0, 0.05) is 32.6 Å². The summed E-state index contributed by atoms with van der Waals surface area (Å²) < 4.78 is 5.65. The molecule has 4 rings (SSSR count). The number of ether oxygens (including phenoxy) is 1. The maximum atomic E-state index is 13.0. The maximum absolute atomic E-state index is 13.0. The van der Waals surface area contributed by atoms with Gasteiger partial charge >= 0.3 is 0 Å². The van der Waals surface area contributed by atoms with E-state index in [9.17, 15) is 4.79 Å². The number of hydrogen-bond donors (Lipinski definition) is 1. The molecule has 1 amide bonds. The van der Waals surface area contributed by atoms with Gasteiger partial charge in [0.2, 0.25) is 5.91 Å². The Morgan fingerprint density at radius 1 is 1.33 bits per heavy atom. The molecule has 2 aromatic rings. The van der Waals surface area contributed by atoms with Crippen LogP contribution >= 0.6 is 0 Å². The summed E-state index contributed by atoms with van der Waals surface area (Å²) in [5.41, 5.74) is 2.08. The number of likely N-dealkylation sites (N-methyl/N-ethyl adjacent to an activating group) is 1. The first-order chi connectivity index (χ1) is 13.2. The van der Waals surface area contributed by atoms with Crippen molar-refractivity contribution in [1.29, 1.82) is 0 Å². The van der Waals surface area contributed by atoms with Crippen LogP contribution in [0.3, 0.4) is 0 Å². The van der Waals surface area contributed by atoms with Gasteiger partial charge in [-0.25, -0.2) is 4.98 Å². The predicted octanol–water partition coefficient (Wildman–Crippen LogP) is 2.60. The Kier molecular flexibility index (Phi) is 5.74. The molecule has 2 fully saturated rings. The van der Waals surface area contributed by atoms with Gasteiger partial charge in [0.15, 0.2) is 0 Å². The Morgan fingerprint density at radius 3 is 2.96 bits per heavy atom. The van der Waals surface area contributed by atoms with Crippen LogP contribution in [0.5, 0.6) is 0 Å². The molecule has 6 nitrogen and oxygen atoms in total. The Bertz CT molecular complexity index is 735. The van der Waals surface area contributed by atoms with E-state index >= 15 is 0 Å². The number of aromatic nitrogens is 2. The summed E-state index contributed by atoms with van der Waals surface area (Å²) in [4.78, 5) is 25.3.